The number of hydrogen-bond donors (Lipinski definition) is 1. The van der Waals surface area contributed by atoms with Gasteiger partial charge in [-0.3, -0.25) is 0 Å². The standard InChI is InChI=1S/C15H12FNO/c16-13-6-7-14(12-8-9-17-15(12)13)18-10-11-4-2-1-3-5-11/h1-9,17H,10H2. The lowest BCUT2D eigenvalue weighted by Crippen LogP contribution is -1.95. The van der Waals surface area contributed by atoms with Crippen molar-refractivity contribution in [2.45, 2.75) is 6.61 Å². The Kier molecular flexibility index (Phi) is 2.73. The molecule has 1 N–H and O–H groups in total. The summed E-state index contributed by atoms with van der Waals surface area (Å²) in [5.41, 5.74) is 1.58. The molecule has 0 unspecified atom stereocenters. The molecule has 2 aromatic carbocycles. The Morgan fingerprint density at radius 2 is 1.83 bits per heavy atom. The molecule has 1 aromatic heterocycles. The highest BCUT2D eigenvalue weighted by Gasteiger charge is 2.07. The second kappa shape index (κ2) is 4.53. The summed E-state index contributed by atoms with van der Waals surface area (Å²) in [6.45, 7) is 0.479. The number of rotatable bonds is 3. The molecule has 2 nitrogen and oxygen atoms in total. The van der Waals surface area contributed by atoms with Crippen LogP contribution in [-0.2, 0) is 6.61 Å². The lowest BCUT2D eigenvalue weighted by Gasteiger charge is -2.07. The van der Waals surface area contributed by atoms with Gasteiger partial charge in [0.15, 0.2) is 0 Å². The van der Waals surface area contributed by atoms with Crippen LogP contribution < -0.4 is 4.74 Å². The van der Waals surface area contributed by atoms with Crippen LogP contribution in [0.25, 0.3) is 10.9 Å². The number of ether oxygens (including phenoxy) is 1. The first-order valence-electron chi connectivity index (χ1n) is 5.77. The number of hydrogen-bond acceptors (Lipinski definition) is 1. The van der Waals surface area contributed by atoms with Crippen LogP contribution in [0.2, 0.25) is 0 Å². The molecular weight excluding hydrogens is 229 g/mol. The van der Waals surface area contributed by atoms with Crippen LogP contribution in [0.1, 0.15) is 5.56 Å². The Labute approximate surface area is 104 Å². The predicted molar refractivity (Wildman–Crippen MR) is 69.0 cm³/mol. The van der Waals surface area contributed by atoms with Crippen LogP contribution in [0.3, 0.4) is 0 Å². The first kappa shape index (κ1) is 10.8. The Hall–Kier alpha value is -2.29. The molecule has 3 aromatic rings. The van der Waals surface area contributed by atoms with Crippen LogP contribution in [0.15, 0.2) is 54.7 Å². The summed E-state index contributed by atoms with van der Waals surface area (Å²) in [5.74, 6) is 0.429. The van der Waals surface area contributed by atoms with Gasteiger partial charge < -0.3 is 9.72 Å². The molecule has 3 heteroatoms. The van der Waals surface area contributed by atoms with Crippen molar-refractivity contribution < 1.29 is 9.13 Å². The monoisotopic (exact) mass is 241 g/mol. The number of aromatic nitrogens is 1. The predicted octanol–water partition coefficient (Wildman–Crippen LogP) is 3.89. The molecule has 0 atom stereocenters. The van der Waals surface area contributed by atoms with Crippen LogP contribution in [0.5, 0.6) is 5.75 Å². The summed E-state index contributed by atoms with van der Waals surface area (Å²) in [6.07, 6.45) is 1.71. The number of halogens is 1. The normalized spacial score (nSPS) is 10.7. The minimum Gasteiger partial charge on any atom is -0.488 e. The van der Waals surface area contributed by atoms with Crippen LogP contribution in [0, 0.1) is 5.82 Å². The van der Waals surface area contributed by atoms with Gasteiger partial charge in [-0.15, -0.1) is 0 Å². The number of H-pyrrole nitrogens is 1. The van der Waals surface area contributed by atoms with Crippen molar-refractivity contribution in [1.29, 1.82) is 0 Å². The molecule has 3 rings (SSSR count). The van der Waals surface area contributed by atoms with Crippen molar-refractivity contribution in [2.24, 2.45) is 0 Å². The second-order valence-electron chi connectivity index (χ2n) is 4.09. The molecule has 0 radical (unpaired) electrons. The zero-order valence-corrected chi connectivity index (χ0v) is 9.69. The van der Waals surface area contributed by atoms with E-state index in [9.17, 15) is 4.39 Å². The largest absolute Gasteiger partial charge is 0.488 e. The number of benzene rings is 2. The maximum absolute atomic E-state index is 13.5. The Morgan fingerprint density at radius 1 is 1.00 bits per heavy atom. The number of fused-ring (bicyclic) bond motifs is 1. The summed E-state index contributed by atoms with van der Waals surface area (Å²) < 4.78 is 19.2. The molecule has 1 heterocycles. The number of nitrogens with one attached hydrogen (secondary N) is 1. The number of aromatic amines is 1. The molecule has 0 aliphatic rings. The maximum Gasteiger partial charge on any atom is 0.147 e. The molecule has 0 bridgehead atoms. The topological polar surface area (TPSA) is 25.0 Å². The molecule has 0 spiro atoms. The molecular formula is C15H12FNO. The van der Waals surface area contributed by atoms with E-state index in [1.807, 2.05) is 36.4 Å². The molecule has 0 saturated carbocycles. The van der Waals surface area contributed by atoms with E-state index in [-0.39, 0.29) is 5.82 Å². The van der Waals surface area contributed by atoms with Crippen molar-refractivity contribution in [2.75, 3.05) is 0 Å². The Balaban J connectivity index is 1.87. The minimum absolute atomic E-state index is 0.262. The highest BCUT2D eigenvalue weighted by molar-refractivity contribution is 5.86. The van der Waals surface area contributed by atoms with Gasteiger partial charge in [0.1, 0.15) is 18.2 Å². The second-order valence-corrected chi connectivity index (χ2v) is 4.09. The zero-order chi connectivity index (χ0) is 12.4. The van der Waals surface area contributed by atoms with Gasteiger partial charge >= 0.3 is 0 Å². The van der Waals surface area contributed by atoms with Crippen LogP contribution in [-0.4, -0.2) is 4.98 Å². The van der Waals surface area contributed by atoms with Gasteiger partial charge in [0.25, 0.3) is 0 Å². The average Bonchev–Trinajstić information content (AvgIpc) is 2.90. The van der Waals surface area contributed by atoms with E-state index in [0.29, 0.717) is 17.9 Å². The van der Waals surface area contributed by atoms with Gasteiger partial charge in [-0.25, -0.2) is 4.39 Å². The third-order valence-electron chi connectivity index (χ3n) is 2.87. The molecule has 18 heavy (non-hydrogen) atoms. The first-order chi connectivity index (χ1) is 8.84. The molecule has 0 fully saturated rings. The lowest BCUT2D eigenvalue weighted by atomic mass is 10.2. The summed E-state index contributed by atoms with van der Waals surface area (Å²) in [4.78, 5) is 2.87. The van der Waals surface area contributed by atoms with Crippen LogP contribution in [0.4, 0.5) is 4.39 Å². The van der Waals surface area contributed by atoms with Gasteiger partial charge in [-0.2, -0.15) is 0 Å². The van der Waals surface area contributed by atoms with E-state index in [2.05, 4.69) is 4.98 Å². The lowest BCUT2D eigenvalue weighted by molar-refractivity contribution is 0.310. The highest BCUT2D eigenvalue weighted by atomic mass is 19.1. The van der Waals surface area contributed by atoms with Crippen molar-refractivity contribution in [3.05, 3.63) is 66.1 Å². The van der Waals surface area contributed by atoms with E-state index in [1.54, 1.807) is 12.3 Å². The SMILES string of the molecule is Fc1ccc(OCc2ccccc2)c2cc[nH]c12. The van der Waals surface area contributed by atoms with Gasteiger partial charge in [0.2, 0.25) is 0 Å². The van der Waals surface area contributed by atoms with E-state index >= 15 is 0 Å². The maximum atomic E-state index is 13.5. The van der Waals surface area contributed by atoms with Gasteiger partial charge in [0, 0.05) is 11.6 Å². The van der Waals surface area contributed by atoms with E-state index in [4.69, 9.17) is 4.74 Å². The van der Waals surface area contributed by atoms with Gasteiger partial charge in [-0.05, 0) is 23.8 Å². The Bertz CT molecular complexity index is 661. The molecule has 90 valence electrons. The molecule has 0 aliphatic carbocycles. The van der Waals surface area contributed by atoms with Crippen molar-refractivity contribution in [3.8, 4) is 5.75 Å². The fraction of sp³-hybridized carbons (Fsp3) is 0.0667. The zero-order valence-electron chi connectivity index (χ0n) is 9.69. The fourth-order valence-corrected chi connectivity index (χ4v) is 1.96. The van der Waals surface area contributed by atoms with E-state index < -0.39 is 0 Å². The minimum atomic E-state index is -0.262. The third-order valence-corrected chi connectivity index (χ3v) is 2.87. The third kappa shape index (κ3) is 1.95. The van der Waals surface area contributed by atoms with Crippen LogP contribution >= 0.6 is 0 Å². The van der Waals surface area contributed by atoms with Crippen molar-refractivity contribution >= 4 is 10.9 Å². The quantitative estimate of drug-likeness (QED) is 0.739. The van der Waals surface area contributed by atoms with E-state index in [1.165, 1.54) is 6.07 Å². The molecule has 0 saturated heterocycles. The summed E-state index contributed by atoms with van der Waals surface area (Å²) in [7, 11) is 0. The average molecular weight is 241 g/mol. The molecule has 0 aliphatic heterocycles. The van der Waals surface area contributed by atoms with Crippen molar-refractivity contribution in [1.82, 2.24) is 4.98 Å². The summed E-state index contributed by atoms with van der Waals surface area (Å²) in [5, 5.41) is 0.769. The van der Waals surface area contributed by atoms with Crippen molar-refractivity contribution in [3.63, 3.8) is 0 Å². The first-order valence-corrected chi connectivity index (χ1v) is 5.77. The highest BCUT2D eigenvalue weighted by Crippen LogP contribution is 2.27. The summed E-state index contributed by atoms with van der Waals surface area (Å²) in [6, 6.07) is 14.8. The fourth-order valence-electron chi connectivity index (χ4n) is 1.96. The smallest absolute Gasteiger partial charge is 0.147 e. The summed E-state index contributed by atoms with van der Waals surface area (Å²) >= 11 is 0. The Morgan fingerprint density at radius 3 is 2.67 bits per heavy atom. The van der Waals surface area contributed by atoms with Gasteiger partial charge in [0.05, 0.1) is 5.52 Å². The van der Waals surface area contributed by atoms with E-state index in [0.717, 1.165) is 10.9 Å². The van der Waals surface area contributed by atoms with Gasteiger partial charge in [-0.1, -0.05) is 30.3 Å². The molecule has 0 amide bonds.